The standard InChI is InChI=1S/C13H24N2O4/c1-2-10-4-3-7-15(8-5-10)13(19)14-11(6-9-16)12(17)18/h10-11,16H,2-9H2,1H3,(H,14,19)(H,17,18). The van der Waals surface area contributed by atoms with Crippen LogP contribution in [0.3, 0.4) is 0 Å². The van der Waals surface area contributed by atoms with E-state index in [9.17, 15) is 9.59 Å². The van der Waals surface area contributed by atoms with Crippen LogP contribution in [0.15, 0.2) is 0 Å². The number of carboxylic acids is 1. The Morgan fingerprint density at radius 1 is 1.37 bits per heavy atom. The molecular formula is C13H24N2O4. The van der Waals surface area contributed by atoms with Crippen LogP contribution >= 0.6 is 0 Å². The summed E-state index contributed by atoms with van der Waals surface area (Å²) in [6.45, 7) is 3.25. The molecule has 0 spiro atoms. The van der Waals surface area contributed by atoms with Crippen molar-refractivity contribution in [2.75, 3.05) is 19.7 Å². The van der Waals surface area contributed by atoms with Crippen LogP contribution in [0.25, 0.3) is 0 Å². The van der Waals surface area contributed by atoms with E-state index in [1.165, 1.54) is 0 Å². The number of carboxylic acid groups (broad SMARTS) is 1. The number of nitrogens with one attached hydrogen (secondary N) is 1. The number of rotatable bonds is 5. The van der Waals surface area contributed by atoms with Gasteiger partial charge in [0, 0.05) is 26.1 Å². The molecule has 0 aromatic carbocycles. The average molecular weight is 272 g/mol. The first-order valence-electron chi connectivity index (χ1n) is 6.97. The summed E-state index contributed by atoms with van der Waals surface area (Å²) in [5.74, 6) is -0.450. The quantitative estimate of drug-likeness (QED) is 0.697. The van der Waals surface area contributed by atoms with E-state index in [-0.39, 0.29) is 19.1 Å². The van der Waals surface area contributed by atoms with E-state index >= 15 is 0 Å². The van der Waals surface area contributed by atoms with Crippen molar-refractivity contribution >= 4 is 12.0 Å². The van der Waals surface area contributed by atoms with Crippen molar-refractivity contribution in [3.8, 4) is 0 Å². The highest BCUT2D eigenvalue weighted by Crippen LogP contribution is 2.20. The van der Waals surface area contributed by atoms with Gasteiger partial charge in [0.15, 0.2) is 0 Å². The molecule has 1 aliphatic heterocycles. The maximum atomic E-state index is 12.0. The fourth-order valence-electron chi connectivity index (χ4n) is 2.40. The molecular weight excluding hydrogens is 248 g/mol. The maximum Gasteiger partial charge on any atom is 0.326 e. The normalized spacial score (nSPS) is 21.6. The van der Waals surface area contributed by atoms with Gasteiger partial charge in [0.25, 0.3) is 0 Å². The summed E-state index contributed by atoms with van der Waals surface area (Å²) >= 11 is 0. The van der Waals surface area contributed by atoms with Crippen LogP contribution < -0.4 is 5.32 Å². The smallest absolute Gasteiger partial charge is 0.326 e. The van der Waals surface area contributed by atoms with Crippen molar-refractivity contribution in [3.05, 3.63) is 0 Å². The number of nitrogens with zero attached hydrogens (tertiary/aromatic N) is 1. The van der Waals surface area contributed by atoms with Crippen LogP contribution in [-0.4, -0.2) is 52.9 Å². The number of aliphatic hydroxyl groups excluding tert-OH is 1. The summed E-state index contributed by atoms with van der Waals surface area (Å²) in [5.41, 5.74) is 0. The summed E-state index contributed by atoms with van der Waals surface area (Å²) < 4.78 is 0. The molecule has 19 heavy (non-hydrogen) atoms. The monoisotopic (exact) mass is 272 g/mol. The third kappa shape index (κ3) is 5.06. The van der Waals surface area contributed by atoms with Crippen molar-refractivity contribution in [3.63, 3.8) is 0 Å². The van der Waals surface area contributed by atoms with E-state index in [4.69, 9.17) is 10.2 Å². The molecule has 2 unspecified atom stereocenters. The minimum Gasteiger partial charge on any atom is -0.480 e. The van der Waals surface area contributed by atoms with Crippen LogP contribution in [0.4, 0.5) is 4.79 Å². The maximum absolute atomic E-state index is 12.0. The zero-order valence-electron chi connectivity index (χ0n) is 11.5. The minimum atomic E-state index is -1.11. The Kier molecular flexibility index (Phi) is 6.62. The molecule has 1 fully saturated rings. The number of urea groups is 1. The molecule has 0 aromatic rings. The Morgan fingerprint density at radius 3 is 2.68 bits per heavy atom. The number of amides is 2. The average Bonchev–Trinajstić information content (AvgIpc) is 2.63. The number of hydrogen-bond acceptors (Lipinski definition) is 3. The van der Waals surface area contributed by atoms with Gasteiger partial charge in [-0.2, -0.15) is 0 Å². The number of carbonyl (C=O) groups is 2. The highest BCUT2D eigenvalue weighted by Gasteiger charge is 2.24. The lowest BCUT2D eigenvalue weighted by Crippen LogP contribution is -2.48. The predicted molar refractivity (Wildman–Crippen MR) is 70.9 cm³/mol. The first-order valence-corrected chi connectivity index (χ1v) is 6.97. The third-order valence-electron chi connectivity index (χ3n) is 3.73. The molecule has 0 radical (unpaired) electrons. The lowest BCUT2D eigenvalue weighted by Gasteiger charge is -2.23. The van der Waals surface area contributed by atoms with Crippen LogP contribution in [0.2, 0.25) is 0 Å². The highest BCUT2D eigenvalue weighted by molar-refractivity contribution is 5.82. The first kappa shape index (κ1) is 15.8. The van der Waals surface area contributed by atoms with E-state index in [1.807, 2.05) is 0 Å². The number of aliphatic carboxylic acids is 1. The summed E-state index contributed by atoms with van der Waals surface area (Å²) in [6, 6.07) is -1.35. The molecule has 1 aliphatic rings. The Hall–Kier alpha value is -1.30. The van der Waals surface area contributed by atoms with Gasteiger partial charge < -0.3 is 20.4 Å². The molecule has 0 bridgehead atoms. The van der Waals surface area contributed by atoms with Crippen LogP contribution in [0.1, 0.15) is 39.0 Å². The molecule has 3 N–H and O–H groups in total. The molecule has 2 amide bonds. The van der Waals surface area contributed by atoms with Crippen LogP contribution in [-0.2, 0) is 4.79 Å². The van der Waals surface area contributed by atoms with Gasteiger partial charge in [0.1, 0.15) is 6.04 Å². The number of hydrogen-bond donors (Lipinski definition) is 3. The van der Waals surface area contributed by atoms with Gasteiger partial charge in [-0.25, -0.2) is 9.59 Å². The topological polar surface area (TPSA) is 89.9 Å². The van der Waals surface area contributed by atoms with E-state index in [0.717, 1.165) is 25.7 Å². The molecule has 0 aliphatic carbocycles. The van der Waals surface area contributed by atoms with Crippen molar-refractivity contribution < 1.29 is 19.8 Å². The molecule has 6 nitrogen and oxygen atoms in total. The number of likely N-dealkylation sites (tertiary alicyclic amines) is 1. The van der Waals surface area contributed by atoms with Crippen LogP contribution in [0, 0.1) is 5.92 Å². The second-order valence-electron chi connectivity index (χ2n) is 5.04. The Labute approximate surface area is 113 Å². The molecule has 0 aromatic heterocycles. The molecule has 1 saturated heterocycles. The molecule has 1 rings (SSSR count). The molecule has 2 atom stereocenters. The van der Waals surface area contributed by atoms with Gasteiger partial charge in [0.05, 0.1) is 0 Å². The van der Waals surface area contributed by atoms with E-state index in [0.29, 0.717) is 19.0 Å². The van der Waals surface area contributed by atoms with Gasteiger partial charge >= 0.3 is 12.0 Å². The van der Waals surface area contributed by atoms with Gasteiger partial charge in [-0.3, -0.25) is 0 Å². The Bertz CT molecular complexity index is 309. The second-order valence-corrected chi connectivity index (χ2v) is 5.04. The highest BCUT2D eigenvalue weighted by atomic mass is 16.4. The zero-order chi connectivity index (χ0) is 14.3. The van der Waals surface area contributed by atoms with Crippen molar-refractivity contribution in [2.24, 2.45) is 5.92 Å². The van der Waals surface area contributed by atoms with Gasteiger partial charge in [-0.05, 0) is 25.2 Å². The number of carbonyl (C=O) groups excluding carboxylic acids is 1. The van der Waals surface area contributed by atoms with Gasteiger partial charge in [0.2, 0.25) is 0 Å². The zero-order valence-corrected chi connectivity index (χ0v) is 11.5. The predicted octanol–water partition coefficient (Wildman–Crippen LogP) is 1.04. The van der Waals surface area contributed by atoms with Gasteiger partial charge in [-0.15, -0.1) is 0 Å². The fraction of sp³-hybridized carbons (Fsp3) is 0.846. The summed E-state index contributed by atoms with van der Waals surface area (Å²) in [7, 11) is 0. The third-order valence-corrected chi connectivity index (χ3v) is 3.73. The lowest BCUT2D eigenvalue weighted by molar-refractivity contribution is -0.139. The van der Waals surface area contributed by atoms with Crippen molar-refractivity contribution in [1.82, 2.24) is 10.2 Å². The van der Waals surface area contributed by atoms with E-state index in [2.05, 4.69) is 12.2 Å². The van der Waals surface area contributed by atoms with Crippen LogP contribution in [0.5, 0.6) is 0 Å². The fourth-order valence-corrected chi connectivity index (χ4v) is 2.40. The molecule has 0 saturated carbocycles. The van der Waals surface area contributed by atoms with Crippen molar-refractivity contribution in [1.29, 1.82) is 0 Å². The largest absolute Gasteiger partial charge is 0.480 e. The van der Waals surface area contributed by atoms with E-state index in [1.54, 1.807) is 4.90 Å². The summed E-state index contributed by atoms with van der Waals surface area (Å²) in [5, 5.41) is 20.2. The SMILES string of the molecule is CCC1CCCN(C(=O)NC(CCO)C(=O)O)CC1. The Balaban J connectivity index is 2.49. The molecule has 1 heterocycles. The summed E-state index contributed by atoms with van der Waals surface area (Å²) in [4.78, 5) is 24.6. The molecule has 110 valence electrons. The minimum absolute atomic E-state index is 0.0342. The molecule has 6 heteroatoms. The lowest BCUT2D eigenvalue weighted by atomic mass is 9.98. The summed E-state index contributed by atoms with van der Waals surface area (Å²) in [6.07, 6.45) is 4.22. The number of aliphatic hydroxyl groups is 1. The van der Waals surface area contributed by atoms with Gasteiger partial charge in [-0.1, -0.05) is 13.3 Å². The second kappa shape index (κ2) is 7.99. The Morgan fingerprint density at radius 2 is 2.11 bits per heavy atom. The first-order chi connectivity index (χ1) is 9.08. The van der Waals surface area contributed by atoms with Crippen molar-refractivity contribution in [2.45, 2.75) is 45.1 Å². The van der Waals surface area contributed by atoms with E-state index < -0.39 is 12.0 Å².